The van der Waals surface area contributed by atoms with Crippen LogP contribution in [0.3, 0.4) is 0 Å². The number of nitrogens with one attached hydrogen (secondary N) is 1. The van der Waals surface area contributed by atoms with E-state index in [4.69, 9.17) is 9.47 Å². The number of nitrogens with zero attached hydrogens (tertiary/aromatic N) is 1. The molecule has 4 nitrogen and oxygen atoms in total. The van der Waals surface area contributed by atoms with E-state index in [1.54, 1.807) is 6.20 Å². The predicted molar refractivity (Wildman–Crippen MR) is 78.7 cm³/mol. The molecule has 2 aliphatic heterocycles. The van der Waals surface area contributed by atoms with Gasteiger partial charge >= 0.3 is 0 Å². The van der Waals surface area contributed by atoms with Gasteiger partial charge in [-0.3, -0.25) is 4.98 Å². The van der Waals surface area contributed by atoms with E-state index < -0.39 is 0 Å². The minimum absolute atomic E-state index is 0.252. The molecule has 2 saturated heterocycles. The normalized spacial score (nSPS) is 23.7. The molecule has 0 aliphatic carbocycles. The molecule has 0 saturated carbocycles. The third kappa shape index (κ3) is 3.19. The zero-order valence-electron chi connectivity index (χ0n) is 11.8. The highest BCUT2D eigenvalue weighted by Crippen LogP contribution is 2.28. The van der Waals surface area contributed by atoms with E-state index in [9.17, 15) is 0 Å². The Morgan fingerprint density at radius 3 is 2.90 bits per heavy atom. The lowest BCUT2D eigenvalue weighted by molar-refractivity contribution is 0.0254. The van der Waals surface area contributed by atoms with Crippen LogP contribution in [0.4, 0.5) is 0 Å². The quantitative estimate of drug-likeness (QED) is 0.914. The second kappa shape index (κ2) is 6.37. The maximum atomic E-state index is 6.01. The molecule has 1 aromatic heterocycles. The fourth-order valence-electron chi connectivity index (χ4n) is 2.83. The summed E-state index contributed by atoms with van der Waals surface area (Å²) in [5.74, 6) is 1.37. The largest absolute Gasteiger partial charge is 0.489 e. The molecule has 1 N–H and O–H groups in total. The number of pyridine rings is 1. The third-order valence-corrected chi connectivity index (χ3v) is 4.11. The number of aromatic nitrogens is 1. The fraction of sp³-hybridized carbons (Fsp3) is 0.562. The summed E-state index contributed by atoms with van der Waals surface area (Å²) < 4.78 is 11.4. The van der Waals surface area contributed by atoms with Crippen molar-refractivity contribution in [2.75, 3.05) is 26.3 Å². The van der Waals surface area contributed by atoms with Crippen LogP contribution in [0.5, 0.6) is 5.75 Å². The van der Waals surface area contributed by atoms with E-state index >= 15 is 0 Å². The summed E-state index contributed by atoms with van der Waals surface area (Å²) in [5, 5.41) is 3.38. The van der Waals surface area contributed by atoms with Crippen LogP contribution in [-0.4, -0.2) is 37.4 Å². The van der Waals surface area contributed by atoms with Crippen LogP contribution in [0.15, 0.2) is 25.0 Å². The van der Waals surface area contributed by atoms with Crippen molar-refractivity contribution in [2.45, 2.75) is 25.4 Å². The van der Waals surface area contributed by atoms with Gasteiger partial charge in [-0.25, -0.2) is 0 Å². The van der Waals surface area contributed by atoms with Crippen molar-refractivity contribution in [3.05, 3.63) is 30.6 Å². The van der Waals surface area contributed by atoms with Crippen molar-refractivity contribution in [1.82, 2.24) is 10.3 Å². The Morgan fingerprint density at radius 2 is 2.15 bits per heavy atom. The highest BCUT2D eigenvalue weighted by atomic mass is 16.5. The molecule has 0 radical (unpaired) electrons. The van der Waals surface area contributed by atoms with Crippen molar-refractivity contribution < 1.29 is 9.47 Å². The van der Waals surface area contributed by atoms with E-state index in [-0.39, 0.29) is 6.10 Å². The smallest absolute Gasteiger partial charge is 0.138 e. The maximum absolute atomic E-state index is 6.01. The number of ether oxygens (including phenoxy) is 2. The Balaban J connectivity index is 1.67. The first-order valence-corrected chi connectivity index (χ1v) is 7.42. The number of hydrogen-bond acceptors (Lipinski definition) is 4. The first-order valence-electron chi connectivity index (χ1n) is 7.42. The molecule has 0 spiro atoms. The number of rotatable bonds is 4. The molecule has 20 heavy (non-hydrogen) atoms. The molecule has 4 heteroatoms. The lowest BCUT2D eigenvalue weighted by Crippen LogP contribution is -2.25. The van der Waals surface area contributed by atoms with E-state index in [0.29, 0.717) is 5.92 Å². The molecule has 3 heterocycles. The summed E-state index contributed by atoms with van der Waals surface area (Å²) in [6, 6.07) is 2.07. The van der Waals surface area contributed by atoms with Crippen molar-refractivity contribution in [3.8, 4) is 5.75 Å². The van der Waals surface area contributed by atoms with Crippen LogP contribution in [0, 0.1) is 5.92 Å². The molecular formula is C16H22N2O2. The molecular weight excluding hydrogens is 252 g/mol. The van der Waals surface area contributed by atoms with Crippen molar-refractivity contribution in [3.63, 3.8) is 0 Å². The molecule has 0 aromatic carbocycles. The van der Waals surface area contributed by atoms with Crippen LogP contribution >= 0.6 is 0 Å². The minimum atomic E-state index is 0.252. The monoisotopic (exact) mass is 274 g/mol. The minimum Gasteiger partial charge on any atom is -0.489 e. The van der Waals surface area contributed by atoms with E-state index in [1.165, 1.54) is 5.57 Å². The summed E-state index contributed by atoms with van der Waals surface area (Å²) in [6.45, 7) is 7.92. The summed E-state index contributed by atoms with van der Waals surface area (Å²) in [6.07, 6.45) is 7.00. The van der Waals surface area contributed by atoms with Gasteiger partial charge in [-0.1, -0.05) is 6.58 Å². The SMILES string of the molecule is C=C(c1cncc(OC2CCOCC2)c1)C1CCNC1. The second-order valence-electron chi connectivity index (χ2n) is 5.55. The van der Waals surface area contributed by atoms with Crippen LogP contribution < -0.4 is 10.1 Å². The first kappa shape index (κ1) is 13.6. The van der Waals surface area contributed by atoms with Gasteiger partial charge < -0.3 is 14.8 Å². The van der Waals surface area contributed by atoms with Crippen molar-refractivity contribution in [2.24, 2.45) is 5.92 Å². The van der Waals surface area contributed by atoms with Crippen LogP contribution in [-0.2, 0) is 4.74 Å². The van der Waals surface area contributed by atoms with Gasteiger partial charge in [-0.15, -0.1) is 0 Å². The van der Waals surface area contributed by atoms with Crippen molar-refractivity contribution >= 4 is 5.57 Å². The zero-order chi connectivity index (χ0) is 13.8. The van der Waals surface area contributed by atoms with Gasteiger partial charge in [-0.05, 0) is 36.1 Å². The summed E-state index contributed by atoms with van der Waals surface area (Å²) >= 11 is 0. The Labute approximate surface area is 120 Å². The lowest BCUT2D eigenvalue weighted by Gasteiger charge is -2.23. The first-order chi connectivity index (χ1) is 9.83. The zero-order valence-corrected chi connectivity index (χ0v) is 11.8. The highest BCUT2D eigenvalue weighted by Gasteiger charge is 2.20. The molecule has 1 atom stereocenters. The topological polar surface area (TPSA) is 43.4 Å². The Kier molecular flexibility index (Phi) is 4.33. The molecule has 0 amide bonds. The number of hydrogen-bond donors (Lipinski definition) is 1. The van der Waals surface area contributed by atoms with E-state index in [0.717, 1.165) is 56.9 Å². The molecule has 1 unspecified atom stereocenters. The molecule has 3 rings (SSSR count). The van der Waals surface area contributed by atoms with Gasteiger partial charge in [0.05, 0.1) is 19.4 Å². The fourth-order valence-corrected chi connectivity index (χ4v) is 2.83. The highest BCUT2D eigenvalue weighted by molar-refractivity contribution is 5.66. The van der Waals surface area contributed by atoms with Gasteiger partial charge in [0.15, 0.2) is 0 Å². The van der Waals surface area contributed by atoms with Crippen LogP contribution in [0.25, 0.3) is 5.57 Å². The van der Waals surface area contributed by atoms with E-state index in [1.807, 2.05) is 6.20 Å². The van der Waals surface area contributed by atoms with Gasteiger partial charge in [0.2, 0.25) is 0 Å². The van der Waals surface area contributed by atoms with Gasteiger partial charge in [0, 0.05) is 25.6 Å². The van der Waals surface area contributed by atoms with Gasteiger partial charge in [0.1, 0.15) is 11.9 Å². The average Bonchev–Trinajstić information content (AvgIpc) is 3.02. The van der Waals surface area contributed by atoms with Crippen LogP contribution in [0.2, 0.25) is 0 Å². The second-order valence-corrected chi connectivity index (χ2v) is 5.55. The maximum Gasteiger partial charge on any atom is 0.138 e. The summed E-state index contributed by atoms with van der Waals surface area (Å²) in [4.78, 5) is 4.31. The Morgan fingerprint density at radius 1 is 1.30 bits per heavy atom. The standard InChI is InChI=1S/C16H22N2O2/c1-12(13-2-5-17-9-13)14-8-16(11-18-10-14)20-15-3-6-19-7-4-15/h8,10-11,13,15,17H,1-7,9H2. The summed E-state index contributed by atoms with van der Waals surface area (Å²) in [7, 11) is 0. The van der Waals surface area contributed by atoms with E-state index in [2.05, 4.69) is 22.9 Å². The summed E-state index contributed by atoms with van der Waals surface area (Å²) in [5.41, 5.74) is 2.27. The van der Waals surface area contributed by atoms with Crippen molar-refractivity contribution in [1.29, 1.82) is 0 Å². The molecule has 2 aliphatic rings. The Hall–Kier alpha value is -1.39. The predicted octanol–water partition coefficient (Wildman–Crippen LogP) is 2.26. The molecule has 1 aromatic rings. The molecule has 108 valence electrons. The molecule has 2 fully saturated rings. The molecule has 0 bridgehead atoms. The van der Waals surface area contributed by atoms with Gasteiger partial charge in [-0.2, -0.15) is 0 Å². The van der Waals surface area contributed by atoms with Gasteiger partial charge in [0.25, 0.3) is 0 Å². The lowest BCUT2D eigenvalue weighted by atomic mass is 9.94. The van der Waals surface area contributed by atoms with Crippen LogP contribution in [0.1, 0.15) is 24.8 Å². The third-order valence-electron chi connectivity index (χ3n) is 4.11. The average molecular weight is 274 g/mol. The Bertz CT molecular complexity index is 463.